The van der Waals surface area contributed by atoms with Gasteiger partial charge in [0.15, 0.2) is 11.6 Å². The van der Waals surface area contributed by atoms with Gasteiger partial charge in [-0.1, -0.05) is 52.7 Å². The van der Waals surface area contributed by atoms with Crippen molar-refractivity contribution in [3.63, 3.8) is 0 Å². The first-order valence-corrected chi connectivity index (χ1v) is 15.6. The molecule has 1 aromatic carbocycles. The molecule has 1 aliphatic carbocycles. The SMILES string of the molecule is CC(C)Cc1ccc(-c2cc3nccc(Oc4ccc([NH-])cc4F)c3s2)nc1.CCCN(CCC)C(=O)CO.[NH-]C1CC1.[Y]. The summed E-state index contributed by atoms with van der Waals surface area (Å²) < 4.78 is 20.7. The van der Waals surface area contributed by atoms with Crippen LogP contribution in [-0.4, -0.2) is 51.6 Å². The Kier molecular flexibility index (Phi) is 16.4. The molecule has 0 bridgehead atoms. The van der Waals surface area contributed by atoms with E-state index in [0.717, 1.165) is 72.0 Å². The van der Waals surface area contributed by atoms with Crippen molar-refractivity contribution in [1.29, 1.82) is 0 Å². The minimum absolute atomic E-state index is 0. The van der Waals surface area contributed by atoms with Crippen molar-refractivity contribution < 1.29 is 51.7 Å². The summed E-state index contributed by atoms with van der Waals surface area (Å²) in [4.78, 5) is 22.6. The maximum atomic E-state index is 14.1. The van der Waals surface area contributed by atoms with Crippen molar-refractivity contribution >= 4 is 33.1 Å². The van der Waals surface area contributed by atoms with Crippen LogP contribution in [-0.2, 0) is 43.9 Å². The molecular formula is C33H42FN5O3SY-2. The van der Waals surface area contributed by atoms with Crippen LogP contribution in [0.1, 0.15) is 58.9 Å². The zero-order chi connectivity index (χ0) is 31.4. The van der Waals surface area contributed by atoms with E-state index < -0.39 is 5.82 Å². The Bertz CT molecular complexity index is 1440. The average Bonchev–Trinajstić information content (AvgIpc) is 3.64. The number of thiophene rings is 1. The predicted molar refractivity (Wildman–Crippen MR) is 173 cm³/mol. The van der Waals surface area contributed by atoms with Gasteiger partial charge in [0.2, 0.25) is 5.91 Å². The van der Waals surface area contributed by atoms with Gasteiger partial charge in [0.1, 0.15) is 12.4 Å². The molecule has 1 aliphatic rings. The summed E-state index contributed by atoms with van der Waals surface area (Å²) in [5.74, 6) is 0.500. The van der Waals surface area contributed by atoms with E-state index in [-0.39, 0.29) is 56.7 Å². The number of rotatable bonds is 10. The topological polar surface area (TPSA) is 123 Å². The molecule has 3 aromatic heterocycles. The Morgan fingerprint density at radius 3 is 2.30 bits per heavy atom. The number of hydrogen-bond acceptors (Lipinski definition) is 6. The zero-order valence-electron chi connectivity index (χ0n) is 26.0. The Morgan fingerprint density at radius 1 is 1.09 bits per heavy atom. The Hall–Kier alpha value is -2.50. The van der Waals surface area contributed by atoms with Crippen LogP contribution < -0.4 is 4.74 Å². The molecule has 0 atom stereocenters. The number of carbonyl (C=O) groups excluding carboxylic acids is 1. The molecule has 235 valence electrons. The second-order valence-corrected chi connectivity index (χ2v) is 11.9. The fraction of sp³-hybridized carbons (Fsp3) is 0.424. The minimum Gasteiger partial charge on any atom is -0.699 e. The van der Waals surface area contributed by atoms with Crippen molar-refractivity contribution in [3.05, 3.63) is 77.7 Å². The van der Waals surface area contributed by atoms with E-state index in [1.807, 2.05) is 32.2 Å². The van der Waals surface area contributed by atoms with Gasteiger partial charge in [-0.15, -0.1) is 23.1 Å². The van der Waals surface area contributed by atoms with E-state index in [0.29, 0.717) is 17.7 Å². The van der Waals surface area contributed by atoms with E-state index in [1.54, 1.807) is 17.2 Å². The third-order valence-electron chi connectivity index (χ3n) is 6.30. The number of hydrogen-bond donors (Lipinski definition) is 1. The first-order chi connectivity index (χ1) is 20.6. The molecule has 0 aliphatic heterocycles. The molecule has 1 saturated carbocycles. The smallest absolute Gasteiger partial charge is 0.248 e. The number of ether oxygens (including phenoxy) is 1. The van der Waals surface area contributed by atoms with Crippen molar-refractivity contribution in [2.45, 2.75) is 65.8 Å². The number of halogens is 1. The normalized spacial score (nSPS) is 12.0. The molecule has 4 aromatic rings. The van der Waals surface area contributed by atoms with Gasteiger partial charge in [-0.2, -0.15) is 0 Å². The number of aromatic nitrogens is 2. The Morgan fingerprint density at radius 2 is 1.77 bits per heavy atom. The summed E-state index contributed by atoms with van der Waals surface area (Å²) in [5.41, 5.74) is 17.2. The van der Waals surface area contributed by atoms with Gasteiger partial charge >= 0.3 is 0 Å². The van der Waals surface area contributed by atoms with Crippen LogP contribution in [0.25, 0.3) is 32.3 Å². The summed E-state index contributed by atoms with van der Waals surface area (Å²) in [6.07, 6.45) is 8.77. The fourth-order valence-corrected chi connectivity index (χ4v) is 5.11. The number of benzene rings is 1. The van der Waals surface area contributed by atoms with E-state index >= 15 is 0 Å². The molecule has 11 heteroatoms. The summed E-state index contributed by atoms with van der Waals surface area (Å²) in [5, 5.41) is 8.57. The molecule has 3 heterocycles. The van der Waals surface area contributed by atoms with Crippen molar-refractivity contribution in [3.8, 4) is 22.1 Å². The maximum absolute atomic E-state index is 14.1. The summed E-state index contributed by atoms with van der Waals surface area (Å²) in [6, 6.07) is 12.3. The number of aliphatic hydroxyl groups is 1. The minimum atomic E-state index is -0.559. The average molecular weight is 697 g/mol. The molecule has 1 amide bonds. The monoisotopic (exact) mass is 696 g/mol. The Labute approximate surface area is 289 Å². The summed E-state index contributed by atoms with van der Waals surface area (Å²) in [7, 11) is 0. The van der Waals surface area contributed by atoms with E-state index in [2.05, 4.69) is 29.9 Å². The van der Waals surface area contributed by atoms with Crippen molar-refractivity contribution in [1.82, 2.24) is 14.9 Å². The molecule has 0 spiro atoms. The van der Waals surface area contributed by atoms with Gasteiger partial charge in [-0.25, -0.2) is 4.39 Å². The first-order valence-electron chi connectivity index (χ1n) is 14.8. The molecule has 0 saturated heterocycles. The van der Waals surface area contributed by atoms with Gasteiger partial charge in [0.25, 0.3) is 0 Å². The number of aliphatic hydroxyl groups excluding tert-OH is 1. The van der Waals surface area contributed by atoms with E-state index in [9.17, 15) is 9.18 Å². The number of carbonyl (C=O) groups is 1. The summed E-state index contributed by atoms with van der Waals surface area (Å²) in [6.45, 7) is 9.57. The molecule has 5 rings (SSSR count). The number of fused-ring (bicyclic) bond motifs is 1. The molecule has 44 heavy (non-hydrogen) atoms. The van der Waals surface area contributed by atoms with Crippen LogP contribution in [0.3, 0.4) is 0 Å². The van der Waals surface area contributed by atoms with Crippen LogP contribution in [0.15, 0.2) is 54.9 Å². The molecular weight excluding hydrogens is 654 g/mol. The first kappa shape index (κ1) is 37.7. The predicted octanol–water partition coefficient (Wildman–Crippen LogP) is 9.00. The van der Waals surface area contributed by atoms with Crippen LogP contribution in [0, 0.1) is 11.7 Å². The molecule has 0 unspecified atom stereocenters. The number of pyridine rings is 2. The van der Waals surface area contributed by atoms with Gasteiger partial charge in [0.05, 0.1) is 20.8 Å². The summed E-state index contributed by atoms with van der Waals surface area (Å²) >= 11 is 1.52. The fourth-order valence-electron chi connectivity index (χ4n) is 4.07. The quantitative estimate of drug-likeness (QED) is 0.177. The number of amides is 1. The van der Waals surface area contributed by atoms with Crippen LogP contribution >= 0.6 is 11.3 Å². The van der Waals surface area contributed by atoms with E-state index in [4.69, 9.17) is 21.3 Å². The number of nitrogens with zero attached hydrogens (tertiary/aromatic N) is 3. The van der Waals surface area contributed by atoms with Crippen LogP contribution in [0.2, 0.25) is 0 Å². The zero-order valence-corrected chi connectivity index (χ0v) is 29.6. The van der Waals surface area contributed by atoms with Gasteiger partial charge < -0.3 is 26.2 Å². The standard InChI is InChI=1S/C22H19FN3OS.C8H17NO2.C3H6N.Y/c1-13(2)9-14-3-5-17(26-12-14)21-11-18-22(28-21)20(7-8-25-18)27-19-6-4-15(24)10-16(19)23;1-3-5-9(6-4-2)8(11)7-10;4-3-1-2-3;/h3-8,10-13,24H,9H2,1-2H3;10H,3-7H2,1-2H3;3-4H,1-2H2;/q-1;;-1;. The third-order valence-corrected chi connectivity index (χ3v) is 7.46. The Balaban J connectivity index is 0.000000351. The molecule has 3 N–H and O–H groups in total. The second kappa shape index (κ2) is 19.1. The van der Waals surface area contributed by atoms with Gasteiger partial charge in [-0.05, 0) is 55.0 Å². The molecule has 1 fully saturated rings. The third kappa shape index (κ3) is 12.1. The van der Waals surface area contributed by atoms with Crippen molar-refractivity contribution in [2.24, 2.45) is 5.92 Å². The molecule has 1 radical (unpaired) electrons. The van der Waals surface area contributed by atoms with Crippen LogP contribution in [0.5, 0.6) is 11.5 Å². The van der Waals surface area contributed by atoms with E-state index in [1.165, 1.54) is 29.0 Å². The van der Waals surface area contributed by atoms with Gasteiger partial charge in [0, 0.05) is 64.3 Å². The van der Waals surface area contributed by atoms with Crippen molar-refractivity contribution in [2.75, 3.05) is 19.7 Å². The molecule has 8 nitrogen and oxygen atoms in total. The van der Waals surface area contributed by atoms with Gasteiger partial charge in [-0.3, -0.25) is 14.8 Å². The van der Waals surface area contributed by atoms with Crippen LogP contribution in [0.4, 0.5) is 10.1 Å². The number of nitrogens with one attached hydrogen (secondary N) is 2. The second-order valence-electron chi connectivity index (χ2n) is 10.8. The maximum Gasteiger partial charge on any atom is 0.248 e. The largest absolute Gasteiger partial charge is 0.699 e.